The van der Waals surface area contributed by atoms with Gasteiger partial charge < -0.3 is 0 Å². The van der Waals surface area contributed by atoms with Crippen LogP contribution in [-0.2, 0) is 0 Å². The number of nitrogens with one attached hydrogen (secondary N) is 1. The second-order valence-electron chi connectivity index (χ2n) is 4.76. The number of thiazole rings is 1. The lowest BCUT2D eigenvalue weighted by atomic mass is 10.1. The lowest BCUT2D eigenvalue weighted by molar-refractivity contribution is 1.28. The molecule has 3 rings (SSSR count). The number of hydrogen-bond acceptors (Lipinski definition) is 4. The van der Waals surface area contributed by atoms with Crippen LogP contribution in [0.4, 0.5) is 5.13 Å². The van der Waals surface area contributed by atoms with E-state index in [4.69, 9.17) is 11.6 Å². The fraction of sp³-hybridized carbons (Fsp3) is 0.125. The Balaban J connectivity index is 1.83. The highest BCUT2D eigenvalue weighted by atomic mass is 35.5. The summed E-state index contributed by atoms with van der Waals surface area (Å²) in [6.45, 7) is 4.02. The predicted molar refractivity (Wildman–Crippen MR) is 91.6 cm³/mol. The van der Waals surface area contributed by atoms with Crippen LogP contribution in [0.3, 0.4) is 0 Å². The minimum Gasteiger partial charge on any atom is -0.252 e. The summed E-state index contributed by atoms with van der Waals surface area (Å²) in [5, 5.41) is 5.91. The van der Waals surface area contributed by atoms with Crippen LogP contribution >= 0.6 is 22.9 Å². The van der Waals surface area contributed by atoms with E-state index in [1.165, 1.54) is 5.56 Å². The number of benzene rings is 2. The van der Waals surface area contributed by atoms with Gasteiger partial charge in [-0.2, -0.15) is 5.10 Å². The van der Waals surface area contributed by atoms with E-state index in [-0.39, 0.29) is 0 Å². The number of aryl methyl sites for hydroxylation is 1. The van der Waals surface area contributed by atoms with Crippen LogP contribution in [0.1, 0.15) is 18.1 Å². The third kappa shape index (κ3) is 3.06. The Labute approximate surface area is 132 Å². The summed E-state index contributed by atoms with van der Waals surface area (Å²) >= 11 is 7.49. The zero-order chi connectivity index (χ0) is 14.8. The molecule has 0 spiro atoms. The molecule has 0 aliphatic carbocycles. The molecule has 0 saturated carbocycles. The van der Waals surface area contributed by atoms with Crippen LogP contribution in [0.15, 0.2) is 47.6 Å². The molecule has 5 heteroatoms. The van der Waals surface area contributed by atoms with Crippen molar-refractivity contribution in [1.29, 1.82) is 0 Å². The number of hydrazone groups is 1. The quantitative estimate of drug-likeness (QED) is 0.539. The maximum absolute atomic E-state index is 5.89. The van der Waals surface area contributed by atoms with E-state index in [2.05, 4.69) is 34.6 Å². The van der Waals surface area contributed by atoms with Crippen LogP contribution in [0, 0.1) is 6.92 Å². The largest absolute Gasteiger partial charge is 0.252 e. The van der Waals surface area contributed by atoms with Gasteiger partial charge in [0.25, 0.3) is 0 Å². The molecule has 21 heavy (non-hydrogen) atoms. The van der Waals surface area contributed by atoms with E-state index < -0.39 is 0 Å². The molecule has 1 N–H and O–H groups in total. The topological polar surface area (TPSA) is 37.3 Å². The standard InChI is InChI=1S/C16H14ClN3S/c1-10-4-3-5-14-15(10)18-16(21-14)20-19-11(2)12-6-8-13(17)9-7-12/h3-9H,1-2H3,(H,18,20)/b19-11-. The number of aromatic nitrogens is 1. The van der Waals surface area contributed by atoms with Gasteiger partial charge in [-0.1, -0.05) is 47.2 Å². The number of halogens is 1. The van der Waals surface area contributed by atoms with E-state index >= 15 is 0 Å². The molecule has 106 valence electrons. The minimum atomic E-state index is 0.723. The van der Waals surface area contributed by atoms with Gasteiger partial charge in [0.05, 0.1) is 15.9 Å². The van der Waals surface area contributed by atoms with Crippen molar-refractivity contribution in [1.82, 2.24) is 4.98 Å². The van der Waals surface area contributed by atoms with Gasteiger partial charge in [0.2, 0.25) is 5.13 Å². The molecule has 1 aromatic heterocycles. The van der Waals surface area contributed by atoms with Crippen molar-refractivity contribution in [3.05, 3.63) is 58.6 Å². The van der Waals surface area contributed by atoms with E-state index in [1.807, 2.05) is 37.3 Å². The fourth-order valence-electron chi connectivity index (χ4n) is 2.02. The summed E-state index contributed by atoms with van der Waals surface area (Å²) in [5.41, 5.74) is 7.17. The molecular weight excluding hydrogens is 302 g/mol. The Bertz CT molecular complexity index is 806. The number of fused-ring (bicyclic) bond motifs is 1. The van der Waals surface area contributed by atoms with E-state index in [1.54, 1.807) is 11.3 Å². The van der Waals surface area contributed by atoms with Crippen molar-refractivity contribution in [2.24, 2.45) is 5.10 Å². The SMILES string of the molecule is C/C(=N/Nc1nc2c(C)cccc2s1)c1ccc(Cl)cc1. The minimum absolute atomic E-state index is 0.723. The predicted octanol–water partition coefficient (Wildman–Crippen LogP) is 5.09. The van der Waals surface area contributed by atoms with E-state index in [0.29, 0.717) is 0 Å². The van der Waals surface area contributed by atoms with Crippen LogP contribution < -0.4 is 5.43 Å². The number of hydrogen-bond donors (Lipinski definition) is 1. The molecular formula is C16H14ClN3S. The van der Waals surface area contributed by atoms with Gasteiger partial charge in [-0.15, -0.1) is 0 Å². The number of nitrogens with zero attached hydrogens (tertiary/aromatic N) is 2. The Morgan fingerprint density at radius 3 is 2.67 bits per heavy atom. The second-order valence-corrected chi connectivity index (χ2v) is 6.22. The fourth-order valence-corrected chi connectivity index (χ4v) is 3.03. The van der Waals surface area contributed by atoms with Crippen LogP contribution in [0.5, 0.6) is 0 Å². The van der Waals surface area contributed by atoms with Gasteiger partial charge in [0.15, 0.2) is 0 Å². The Hall–Kier alpha value is -1.91. The van der Waals surface area contributed by atoms with Gasteiger partial charge in [-0.05, 0) is 43.2 Å². The first-order valence-corrected chi connectivity index (χ1v) is 7.75. The van der Waals surface area contributed by atoms with E-state index in [9.17, 15) is 0 Å². The molecule has 0 atom stereocenters. The highest BCUT2D eigenvalue weighted by Crippen LogP contribution is 2.27. The van der Waals surface area contributed by atoms with Crippen molar-refractivity contribution in [3.63, 3.8) is 0 Å². The molecule has 0 radical (unpaired) electrons. The zero-order valence-electron chi connectivity index (χ0n) is 11.7. The molecule has 0 saturated heterocycles. The normalized spacial score (nSPS) is 11.9. The average molecular weight is 316 g/mol. The van der Waals surface area contributed by atoms with Gasteiger partial charge in [0.1, 0.15) is 0 Å². The molecule has 0 amide bonds. The van der Waals surface area contributed by atoms with E-state index in [0.717, 1.165) is 31.6 Å². The summed E-state index contributed by atoms with van der Waals surface area (Å²) in [4.78, 5) is 4.57. The molecule has 0 bridgehead atoms. The smallest absolute Gasteiger partial charge is 0.204 e. The van der Waals surface area contributed by atoms with Gasteiger partial charge in [0, 0.05) is 5.02 Å². The number of rotatable bonds is 3. The third-order valence-electron chi connectivity index (χ3n) is 3.20. The summed E-state index contributed by atoms with van der Waals surface area (Å²) in [5.74, 6) is 0. The number of anilines is 1. The van der Waals surface area contributed by atoms with Crippen molar-refractivity contribution < 1.29 is 0 Å². The first kappa shape index (κ1) is 14.0. The van der Waals surface area contributed by atoms with Crippen LogP contribution in [-0.4, -0.2) is 10.7 Å². The third-order valence-corrected chi connectivity index (χ3v) is 4.38. The van der Waals surface area contributed by atoms with Crippen LogP contribution in [0.25, 0.3) is 10.2 Å². The molecule has 3 nitrogen and oxygen atoms in total. The molecule has 1 heterocycles. The van der Waals surface area contributed by atoms with Gasteiger partial charge in [-0.25, -0.2) is 4.98 Å². The van der Waals surface area contributed by atoms with Crippen molar-refractivity contribution in [2.45, 2.75) is 13.8 Å². The van der Waals surface area contributed by atoms with Gasteiger partial charge >= 0.3 is 0 Å². The maximum Gasteiger partial charge on any atom is 0.204 e. The summed E-state index contributed by atoms with van der Waals surface area (Å²) in [6, 6.07) is 13.8. The van der Waals surface area contributed by atoms with Crippen molar-refractivity contribution in [3.8, 4) is 0 Å². The Morgan fingerprint density at radius 2 is 1.95 bits per heavy atom. The zero-order valence-corrected chi connectivity index (χ0v) is 13.3. The Morgan fingerprint density at radius 1 is 1.19 bits per heavy atom. The number of para-hydroxylation sites is 1. The van der Waals surface area contributed by atoms with Crippen molar-refractivity contribution in [2.75, 3.05) is 5.43 Å². The lowest BCUT2D eigenvalue weighted by Crippen LogP contribution is -1.99. The highest BCUT2D eigenvalue weighted by molar-refractivity contribution is 7.22. The monoisotopic (exact) mass is 315 g/mol. The molecule has 0 unspecified atom stereocenters. The average Bonchev–Trinajstić information content (AvgIpc) is 2.90. The molecule has 3 aromatic rings. The first-order chi connectivity index (χ1) is 10.1. The Kier molecular flexibility index (Phi) is 3.90. The lowest BCUT2D eigenvalue weighted by Gasteiger charge is -2.01. The highest BCUT2D eigenvalue weighted by Gasteiger charge is 2.05. The molecule has 0 aliphatic heterocycles. The molecule has 0 fully saturated rings. The van der Waals surface area contributed by atoms with Gasteiger partial charge in [-0.3, -0.25) is 5.43 Å². The molecule has 2 aromatic carbocycles. The second kappa shape index (κ2) is 5.84. The maximum atomic E-state index is 5.89. The van der Waals surface area contributed by atoms with Crippen molar-refractivity contribution >= 4 is 44.0 Å². The summed E-state index contributed by atoms with van der Waals surface area (Å²) in [7, 11) is 0. The van der Waals surface area contributed by atoms with Crippen LogP contribution in [0.2, 0.25) is 5.02 Å². The summed E-state index contributed by atoms with van der Waals surface area (Å²) < 4.78 is 1.16. The molecule has 0 aliphatic rings. The first-order valence-electron chi connectivity index (χ1n) is 6.56. The summed E-state index contributed by atoms with van der Waals surface area (Å²) in [6.07, 6.45) is 0.